The summed E-state index contributed by atoms with van der Waals surface area (Å²) in [5.74, 6) is 1.18. The molecule has 2 N–H and O–H groups in total. The number of fused-ring (bicyclic) bond motifs is 1. The predicted octanol–water partition coefficient (Wildman–Crippen LogP) is 2.00. The highest BCUT2D eigenvalue weighted by atomic mass is 16.7. The molecule has 1 aromatic rings. The number of ether oxygens (including phenoxy) is 4. The molecule has 1 atom stereocenters. The van der Waals surface area contributed by atoms with Gasteiger partial charge in [-0.15, -0.1) is 0 Å². The summed E-state index contributed by atoms with van der Waals surface area (Å²) >= 11 is 0. The fourth-order valence-electron chi connectivity index (χ4n) is 2.94. The van der Waals surface area contributed by atoms with Crippen molar-refractivity contribution in [3.8, 4) is 11.5 Å². The van der Waals surface area contributed by atoms with Gasteiger partial charge >= 0.3 is 6.03 Å². The standard InChI is InChI=1S/C17H24N2O5/c1-12(8-17(2)23-5-6-24-17)9-18-16(20)19-10-13-3-4-14-15(7-13)22-11-21-14/h3-4,7,12H,5-6,8-11H2,1-2H3,(H2,18,19,20)/t12-/m0/s1. The molecule has 7 nitrogen and oxygen atoms in total. The molecule has 24 heavy (non-hydrogen) atoms. The number of benzene rings is 1. The predicted molar refractivity (Wildman–Crippen MR) is 86.9 cm³/mol. The molecule has 0 aromatic heterocycles. The fraction of sp³-hybridized carbons (Fsp3) is 0.588. The van der Waals surface area contributed by atoms with Crippen molar-refractivity contribution in [2.24, 2.45) is 5.92 Å². The topological polar surface area (TPSA) is 78.1 Å². The van der Waals surface area contributed by atoms with Gasteiger partial charge in [-0.25, -0.2) is 4.79 Å². The SMILES string of the molecule is C[C@H](CNC(=O)NCc1ccc2c(c1)OCO2)CC1(C)OCCO1. The first-order valence-corrected chi connectivity index (χ1v) is 8.22. The molecule has 2 aliphatic rings. The minimum absolute atomic E-state index is 0.196. The molecule has 1 fully saturated rings. The lowest BCUT2D eigenvalue weighted by molar-refractivity contribution is -0.153. The fourth-order valence-corrected chi connectivity index (χ4v) is 2.94. The van der Waals surface area contributed by atoms with Crippen molar-refractivity contribution in [2.45, 2.75) is 32.6 Å². The summed E-state index contributed by atoms with van der Waals surface area (Å²) in [4.78, 5) is 11.9. The van der Waals surface area contributed by atoms with E-state index in [2.05, 4.69) is 17.6 Å². The Morgan fingerprint density at radius 1 is 1.21 bits per heavy atom. The summed E-state index contributed by atoms with van der Waals surface area (Å²) in [5.41, 5.74) is 0.961. The number of hydrogen-bond donors (Lipinski definition) is 2. The Bertz CT molecular complexity index is 586. The van der Waals surface area contributed by atoms with E-state index in [4.69, 9.17) is 18.9 Å². The lowest BCUT2D eigenvalue weighted by atomic mass is 10.0. The average molecular weight is 336 g/mol. The second-order valence-electron chi connectivity index (χ2n) is 6.39. The van der Waals surface area contributed by atoms with Crippen LogP contribution in [0.1, 0.15) is 25.8 Å². The van der Waals surface area contributed by atoms with Crippen molar-refractivity contribution in [1.82, 2.24) is 10.6 Å². The van der Waals surface area contributed by atoms with Crippen molar-refractivity contribution in [3.63, 3.8) is 0 Å². The van der Waals surface area contributed by atoms with E-state index in [-0.39, 0.29) is 18.7 Å². The van der Waals surface area contributed by atoms with Gasteiger partial charge in [0.25, 0.3) is 0 Å². The van der Waals surface area contributed by atoms with Gasteiger partial charge in [-0.05, 0) is 30.5 Å². The minimum Gasteiger partial charge on any atom is -0.454 e. The van der Waals surface area contributed by atoms with Crippen molar-refractivity contribution in [2.75, 3.05) is 26.6 Å². The summed E-state index contributed by atoms with van der Waals surface area (Å²) in [7, 11) is 0. The first kappa shape index (κ1) is 16.9. The Hall–Kier alpha value is -1.99. The molecule has 0 aliphatic carbocycles. The van der Waals surface area contributed by atoms with E-state index in [0.717, 1.165) is 17.7 Å². The second-order valence-corrected chi connectivity index (χ2v) is 6.39. The van der Waals surface area contributed by atoms with Crippen LogP contribution in [0, 0.1) is 5.92 Å². The molecule has 1 saturated heterocycles. The van der Waals surface area contributed by atoms with E-state index >= 15 is 0 Å². The molecule has 1 aromatic carbocycles. The Morgan fingerprint density at radius 2 is 1.96 bits per heavy atom. The van der Waals surface area contributed by atoms with Gasteiger partial charge < -0.3 is 29.6 Å². The maximum absolute atomic E-state index is 11.9. The Kier molecular flexibility index (Phi) is 5.11. The molecule has 7 heteroatoms. The number of nitrogens with one attached hydrogen (secondary N) is 2. The maximum Gasteiger partial charge on any atom is 0.315 e. The maximum atomic E-state index is 11.9. The van der Waals surface area contributed by atoms with Crippen molar-refractivity contribution in [1.29, 1.82) is 0 Å². The zero-order valence-corrected chi connectivity index (χ0v) is 14.1. The smallest absolute Gasteiger partial charge is 0.315 e. The summed E-state index contributed by atoms with van der Waals surface area (Å²) in [5, 5.41) is 5.72. The van der Waals surface area contributed by atoms with Gasteiger partial charge in [0.15, 0.2) is 17.3 Å². The summed E-state index contributed by atoms with van der Waals surface area (Å²) in [6, 6.07) is 5.44. The zero-order valence-electron chi connectivity index (χ0n) is 14.1. The third-order valence-electron chi connectivity index (χ3n) is 4.12. The molecular weight excluding hydrogens is 312 g/mol. The molecule has 132 valence electrons. The van der Waals surface area contributed by atoms with Crippen LogP contribution in [0.3, 0.4) is 0 Å². The number of rotatable bonds is 6. The molecule has 0 unspecified atom stereocenters. The minimum atomic E-state index is -0.524. The lowest BCUT2D eigenvalue weighted by Gasteiger charge is -2.26. The third kappa shape index (κ3) is 4.30. The van der Waals surface area contributed by atoms with Gasteiger partial charge in [0.1, 0.15) is 0 Å². The van der Waals surface area contributed by atoms with Crippen LogP contribution in [0.25, 0.3) is 0 Å². The molecule has 2 heterocycles. The summed E-state index contributed by atoms with van der Waals surface area (Å²) < 4.78 is 21.8. The molecule has 0 radical (unpaired) electrons. The highest BCUT2D eigenvalue weighted by molar-refractivity contribution is 5.73. The number of hydrogen-bond acceptors (Lipinski definition) is 5. The van der Waals surface area contributed by atoms with Crippen molar-refractivity contribution in [3.05, 3.63) is 23.8 Å². The molecule has 2 aliphatic heterocycles. The Labute approximate surface area is 141 Å². The van der Waals surface area contributed by atoms with E-state index in [1.807, 2.05) is 25.1 Å². The first-order chi connectivity index (χ1) is 11.5. The highest BCUT2D eigenvalue weighted by Crippen LogP contribution is 2.32. The average Bonchev–Trinajstić information content (AvgIpc) is 3.19. The number of amides is 2. The Balaban J connectivity index is 1.38. The van der Waals surface area contributed by atoms with Crippen molar-refractivity contribution < 1.29 is 23.7 Å². The van der Waals surface area contributed by atoms with Crippen LogP contribution < -0.4 is 20.1 Å². The molecule has 0 spiro atoms. The molecule has 3 rings (SSSR count). The lowest BCUT2D eigenvalue weighted by Crippen LogP contribution is -2.39. The van der Waals surface area contributed by atoms with Gasteiger partial charge in [0.05, 0.1) is 13.2 Å². The molecule has 0 saturated carbocycles. The van der Waals surface area contributed by atoms with Crippen LogP contribution in [0.2, 0.25) is 0 Å². The van der Waals surface area contributed by atoms with Crippen LogP contribution in [-0.4, -0.2) is 38.4 Å². The second kappa shape index (κ2) is 7.27. The largest absolute Gasteiger partial charge is 0.454 e. The van der Waals surface area contributed by atoms with Gasteiger partial charge in [-0.3, -0.25) is 0 Å². The summed E-state index contributed by atoms with van der Waals surface area (Å²) in [6.45, 7) is 6.51. The monoisotopic (exact) mass is 336 g/mol. The van der Waals surface area contributed by atoms with Crippen LogP contribution in [-0.2, 0) is 16.0 Å². The van der Waals surface area contributed by atoms with Crippen LogP contribution in [0.15, 0.2) is 18.2 Å². The Morgan fingerprint density at radius 3 is 2.75 bits per heavy atom. The van der Waals surface area contributed by atoms with Crippen LogP contribution in [0.5, 0.6) is 11.5 Å². The van der Waals surface area contributed by atoms with Gasteiger partial charge in [0, 0.05) is 19.5 Å². The first-order valence-electron chi connectivity index (χ1n) is 8.22. The normalized spacial score (nSPS) is 19.1. The summed E-state index contributed by atoms with van der Waals surface area (Å²) in [6.07, 6.45) is 0.745. The third-order valence-corrected chi connectivity index (χ3v) is 4.12. The van der Waals surface area contributed by atoms with E-state index in [1.165, 1.54) is 0 Å². The molecular formula is C17H24N2O5. The van der Waals surface area contributed by atoms with Crippen LogP contribution in [0.4, 0.5) is 4.79 Å². The number of carbonyl (C=O) groups is 1. The zero-order chi connectivity index (χ0) is 17.0. The molecule has 0 bridgehead atoms. The van der Waals surface area contributed by atoms with E-state index in [1.54, 1.807) is 0 Å². The number of urea groups is 1. The van der Waals surface area contributed by atoms with E-state index in [9.17, 15) is 4.79 Å². The van der Waals surface area contributed by atoms with Crippen molar-refractivity contribution >= 4 is 6.03 Å². The van der Waals surface area contributed by atoms with E-state index in [0.29, 0.717) is 32.1 Å². The quantitative estimate of drug-likeness (QED) is 0.831. The van der Waals surface area contributed by atoms with E-state index < -0.39 is 5.79 Å². The number of carbonyl (C=O) groups excluding carboxylic acids is 1. The molecule has 2 amide bonds. The highest BCUT2D eigenvalue weighted by Gasteiger charge is 2.32. The van der Waals surface area contributed by atoms with Gasteiger partial charge in [-0.1, -0.05) is 13.0 Å². The van der Waals surface area contributed by atoms with Crippen LogP contribution >= 0.6 is 0 Å². The van der Waals surface area contributed by atoms with Gasteiger partial charge in [0.2, 0.25) is 6.79 Å². The van der Waals surface area contributed by atoms with Gasteiger partial charge in [-0.2, -0.15) is 0 Å².